The maximum atomic E-state index is 13.4. The van der Waals surface area contributed by atoms with Gasteiger partial charge in [-0.1, -0.05) is 13.3 Å². The van der Waals surface area contributed by atoms with Gasteiger partial charge < -0.3 is 10.1 Å². The first kappa shape index (κ1) is 12.4. The highest BCUT2D eigenvalue weighted by atomic mass is 19.1. The van der Waals surface area contributed by atoms with Gasteiger partial charge in [0.15, 0.2) is 0 Å². The molecule has 0 amide bonds. The van der Waals surface area contributed by atoms with Crippen molar-refractivity contribution in [3.8, 4) is 5.75 Å². The molecular formula is C14H20FNO. The average Bonchev–Trinajstić information content (AvgIpc) is 2.23. The predicted molar refractivity (Wildman–Crippen MR) is 66.6 cm³/mol. The first-order valence-corrected chi connectivity index (χ1v) is 6.41. The van der Waals surface area contributed by atoms with Gasteiger partial charge >= 0.3 is 0 Å². The Labute approximate surface area is 102 Å². The van der Waals surface area contributed by atoms with Crippen LogP contribution >= 0.6 is 0 Å². The van der Waals surface area contributed by atoms with Gasteiger partial charge in [0.1, 0.15) is 11.6 Å². The standard InChI is InChI=1S/C14H20FNO/c1-2-16-9-12-6-13(15)8-14(7-12)17-10-11-4-3-5-11/h6-8,11,16H,2-5,9-10H2,1H3. The van der Waals surface area contributed by atoms with E-state index in [1.54, 1.807) is 6.07 Å². The van der Waals surface area contributed by atoms with Gasteiger partial charge in [-0.2, -0.15) is 0 Å². The van der Waals surface area contributed by atoms with Crippen LogP contribution in [0.2, 0.25) is 0 Å². The molecule has 94 valence electrons. The third-order valence-electron chi connectivity index (χ3n) is 3.22. The Bertz CT molecular complexity index is 363. The summed E-state index contributed by atoms with van der Waals surface area (Å²) in [5.74, 6) is 1.12. The smallest absolute Gasteiger partial charge is 0.127 e. The number of ether oxygens (including phenoxy) is 1. The Morgan fingerprint density at radius 2 is 2.18 bits per heavy atom. The van der Waals surface area contributed by atoms with Crippen molar-refractivity contribution in [1.82, 2.24) is 5.32 Å². The zero-order chi connectivity index (χ0) is 12.1. The molecule has 0 spiro atoms. The Kier molecular flexibility index (Phi) is 4.37. The summed E-state index contributed by atoms with van der Waals surface area (Å²) >= 11 is 0. The lowest BCUT2D eigenvalue weighted by molar-refractivity contribution is 0.180. The van der Waals surface area contributed by atoms with E-state index in [0.29, 0.717) is 18.2 Å². The number of nitrogens with one attached hydrogen (secondary N) is 1. The van der Waals surface area contributed by atoms with Gasteiger partial charge in [-0.3, -0.25) is 0 Å². The fourth-order valence-electron chi connectivity index (χ4n) is 1.95. The fourth-order valence-corrected chi connectivity index (χ4v) is 1.95. The molecule has 0 saturated heterocycles. The van der Waals surface area contributed by atoms with E-state index in [2.05, 4.69) is 5.32 Å². The third-order valence-corrected chi connectivity index (χ3v) is 3.22. The van der Waals surface area contributed by atoms with E-state index < -0.39 is 0 Å². The second kappa shape index (κ2) is 6.01. The number of rotatable bonds is 6. The van der Waals surface area contributed by atoms with Crippen molar-refractivity contribution < 1.29 is 9.13 Å². The molecule has 0 radical (unpaired) electrons. The highest BCUT2D eigenvalue weighted by Gasteiger charge is 2.18. The quantitative estimate of drug-likeness (QED) is 0.820. The maximum absolute atomic E-state index is 13.4. The van der Waals surface area contributed by atoms with Crippen molar-refractivity contribution >= 4 is 0 Å². The SMILES string of the molecule is CCNCc1cc(F)cc(OCC2CCC2)c1. The van der Waals surface area contributed by atoms with E-state index in [1.807, 2.05) is 13.0 Å². The van der Waals surface area contributed by atoms with Crippen molar-refractivity contribution in [3.05, 3.63) is 29.6 Å². The highest BCUT2D eigenvalue weighted by Crippen LogP contribution is 2.27. The van der Waals surface area contributed by atoms with Crippen molar-refractivity contribution in [1.29, 1.82) is 0 Å². The fraction of sp³-hybridized carbons (Fsp3) is 0.571. The molecule has 0 unspecified atom stereocenters. The summed E-state index contributed by atoms with van der Waals surface area (Å²) in [5, 5.41) is 3.18. The minimum absolute atomic E-state index is 0.219. The zero-order valence-electron chi connectivity index (χ0n) is 10.3. The van der Waals surface area contributed by atoms with Crippen molar-refractivity contribution in [2.45, 2.75) is 32.7 Å². The van der Waals surface area contributed by atoms with Gasteiger partial charge in [-0.15, -0.1) is 0 Å². The molecule has 0 aromatic heterocycles. The molecule has 1 aromatic rings. The van der Waals surface area contributed by atoms with Crippen LogP contribution in [0.5, 0.6) is 5.75 Å². The summed E-state index contributed by atoms with van der Waals surface area (Å²) in [6.45, 7) is 4.33. The second-order valence-corrected chi connectivity index (χ2v) is 4.68. The van der Waals surface area contributed by atoms with Crippen LogP contribution in [0.15, 0.2) is 18.2 Å². The van der Waals surface area contributed by atoms with Crippen LogP contribution in [0.3, 0.4) is 0 Å². The van der Waals surface area contributed by atoms with Gasteiger partial charge in [-0.25, -0.2) is 4.39 Å². The summed E-state index contributed by atoms with van der Waals surface area (Å²) in [5.41, 5.74) is 0.940. The Balaban J connectivity index is 1.92. The van der Waals surface area contributed by atoms with Crippen LogP contribution in [0.25, 0.3) is 0 Å². The van der Waals surface area contributed by atoms with E-state index in [9.17, 15) is 4.39 Å². The summed E-state index contributed by atoms with van der Waals surface area (Å²) in [4.78, 5) is 0. The minimum Gasteiger partial charge on any atom is -0.493 e. The van der Waals surface area contributed by atoms with Gasteiger partial charge in [0.2, 0.25) is 0 Å². The molecule has 1 aromatic carbocycles. The highest BCUT2D eigenvalue weighted by molar-refractivity contribution is 5.29. The Hall–Kier alpha value is -1.09. The number of halogens is 1. The summed E-state index contributed by atoms with van der Waals surface area (Å²) in [7, 11) is 0. The van der Waals surface area contributed by atoms with E-state index in [-0.39, 0.29) is 5.82 Å². The molecule has 0 atom stereocenters. The first-order chi connectivity index (χ1) is 8.28. The monoisotopic (exact) mass is 237 g/mol. The van der Waals surface area contributed by atoms with Crippen LogP contribution in [0.4, 0.5) is 4.39 Å². The van der Waals surface area contributed by atoms with Crippen LogP contribution in [0.1, 0.15) is 31.7 Å². The van der Waals surface area contributed by atoms with E-state index >= 15 is 0 Å². The predicted octanol–water partition coefficient (Wildman–Crippen LogP) is 3.11. The molecule has 17 heavy (non-hydrogen) atoms. The summed E-state index contributed by atoms with van der Waals surface area (Å²) in [6, 6.07) is 4.94. The van der Waals surface area contributed by atoms with Gasteiger partial charge in [0, 0.05) is 12.6 Å². The van der Waals surface area contributed by atoms with Crippen molar-refractivity contribution in [3.63, 3.8) is 0 Å². The van der Waals surface area contributed by atoms with Crippen LogP contribution in [-0.2, 0) is 6.54 Å². The van der Waals surface area contributed by atoms with E-state index in [4.69, 9.17) is 4.74 Å². The molecule has 1 aliphatic carbocycles. The topological polar surface area (TPSA) is 21.3 Å². The summed E-state index contributed by atoms with van der Waals surface area (Å²) in [6.07, 6.45) is 3.81. The van der Waals surface area contributed by atoms with Crippen LogP contribution in [-0.4, -0.2) is 13.2 Å². The minimum atomic E-state index is -0.219. The second-order valence-electron chi connectivity index (χ2n) is 4.68. The molecule has 1 N–H and O–H groups in total. The molecule has 0 aliphatic heterocycles. The molecule has 1 fully saturated rings. The van der Waals surface area contributed by atoms with Crippen LogP contribution in [0, 0.1) is 11.7 Å². The lowest BCUT2D eigenvalue weighted by Crippen LogP contribution is -2.19. The van der Waals surface area contributed by atoms with E-state index in [1.165, 1.54) is 25.3 Å². The Morgan fingerprint density at radius 3 is 2.82 bits per heavy atom. The van der Waals surface area contributed by atoms with Gasteiger partial charge in [0.05, 0.1) is 6.61 Å². The molecule has 3 heteroatoms. The molecule has 2 nitrogen and oxygen atoms in total. The normalized spacial score (nSPS) is 15.6. The lowest BCUT2D eigenvalue weighted by Gasteiger charge is -2.25. The average molecular weight is 237 g/mol. The van der Waals surface area contributed by atoms with E-state index in [0.717, 1.165) is 18.7 Å². The number of hydrogen-bond acceptors (Lipinski definition) is 2. The largest absolute Gasteiger partial charge is 0.493 e. The molecule has 1 aliphatic rings. The van der Waals surface area contributed by atoms with Crippen molar-refractivity contribution in [2.24, 2.45) is 5.92 Å². The lowest BCUT2D eigenvalue weighted by atomic mass is 9.86. The molecular weight excluding hydrogens is 217 g/mol. The molecule has 2 rings (SSSR count). The van der Waals surface area contributed by atoms with Gasteiger partial charge in [-0.05, 0) is 43.0 Å². The maximum Gasteiger partial charge on any atom is 0.127 e. The molecule has 1 saturated carbocycles. The molecule has 0 bridgehead atoms. The van der Waals surface area contributed by atoms with Crippen LogP contribution < -0.4 is 10.1 Å². The summed E-state index contributed by atoms with van der Waals surface area (Å²) < 4.78 is 19.0. The third kappa shape index (κ3) is 3.70. The number of benzene rings is 1. The molecule has 0 heterocycles. The van der Waals surface area contributed by atoms with Gasteiger partial charge in [0.25, 0.3) is 0 Å². The van der Waals surface area contributed by atoms with Crippen molar-refractivity contribution in [2.75, 3.05) is 13.2 Å². The zero-order valence-corrected chi connectivity index (χ0v) is 10.3. The first-order valence-electron chi connectivity index (χ1n) is 6.41. The Morgan fingerprint density at radius 1 is 1.35 bits per heavy atom. The number of hydrogen-bond donors (Lipinski definition) is 1.